The van der Waals surface area contributed by atoms with E-state index in [4.69, 9.17) is 5.11 Å². The van der Waals surface area contributed by atoms with E-state index >= 15 is 0 Å². The maximum Gasteiger partial charge on any atom is 0.317 e. The van der Waals surface area contributed by atoms with E-state index in [0.717, 1.165) is 24.5 Å². The summed E-state index contributed by atoms with van der Waals surface area (Å²) in [7, 11) is 1.66. The van der Waals surface area contributed by atoms with Crippen molar-refractivity contribution in [2.24, 2.45) is 0 Å². The highest BCUT2D eigenvalue weighted by Crippen LogP contribution is 2.10. The largest absolute Gasteiger partial charge is 0.394 e. The van der Waals surface area contributed by atoms with Gasteiger partial charge in [0.05, 0.1) is 12.6 Å². The third-order valence-electron chi connectivity index (χ3n) is 3.59. The predicted octanol–water partition coefficient (Wildman–Crippen LogP) is 1.45. The van der Waals surface area contributed by atoms with Gasteiger partial charge < -0.3 is 20.2 Å². The molecule has 1 rings (SSSR count). The molecule has 0 spiro atoms. The summed E-state index contributed by atoms with van der Waals surface area (Å²) >= 11 is 0. The molecular formula is C15H26N4O2. The van der Waals surface area contributed by atoms with Crippen LogP contribution in [0.15, 0.2) is 18.3 Å². The average molecular weight is 294 g/mol. The first kappa shape index (κ1) is 17.2. The SMILES string of the molecule is CCN(CC)c1ccc(CNC(=O)N(C)C(C)CO)cn1. The smallest absolute Gasteiger partial charge is 0.317 e. The number of aromatic nitrogens is 1. The van der Waals surface area contributed by atoms with Crippen molar-refractivity contribution in [2.75, 3.05) is 31.6 Å². The number of aliphatic hydroxyl groups is 1. The third kappa shape index (κ3) is 4.90. The lowest BCUT2D eigenvalue weighted by molar-refractivity contribution is 0.157. The highest BCUT2D eigenvalue weighted by atomic mass is 16.3. The average Bonchev–Trinajstić information content (AvgIpc) is 2.53. The number of urea groups is 1. The number of anilines is 1. The summed E-state index contributed by atoms with van der Waals surface area (Å²) in [6.45, 7) is 8.19. The van der Waals surface area contributed by atoms with Crippen LogP contribution in [0.1, 0.15) is 26.3 Å². The maximum atomic E-state index is 11.9. The minimum Gasteiger partial charge on any atom is -0.394 e. The van der Waals surface area contributed by atoms with Crippen molar-refractivity contribution < 1.29 is 9.90 Å². The molecule has 0 aliphatic rings. The van der Waals surface area contributed by atoms with Crippen LogP contribution in [0.2, 0.25) is 0 Å². The summed E-state index contributed by atoms with van der Waals surface area (Å²) < 4.78 is 0. The third-order valence-corrected chi connectivity index (χ3v) is 3.59. The number of nitrogens with zero attached hydrogens (tertiary/aromatic N) is 3. The summed E-state index contributed by atoms with van der Waals surface area (Å²) in [6.07, 6.45) is 1.78. The van der Waals surface area contributed by atoms with Crippen molar-refractivity contribution in [3.63, 3.8) is 0 Å². The molecule has 0 aliphatic heterocycles. The Balaban J connectivity index is 2.55. The first-order valence-corrected chi connectivity index (χ1v) is 7.34. The molecule has 0 aliphatic carbocycles. The lowest BCUT2D eigenvalue weighted by Gasteiger charge is -2.23. The lowest BCUT2D eigenvalue weighted by atomic mass is 10.2. The normalized spacial score (nSPS) is 11.9. The van der Waals surface area contributed by atoms with E-state index in [1.807, 2.05) is 12.1 Å². The fraction of sp³-hybridized carbons (Fsp3) is 0.600. The molecule has 2 N–H and O–H groups in total. The highest BCUT2D eigenvalue weighted by molar-refractivity contribution is 5.74. The van der Waals surface area contributed by atoms with Gasteiger partial charge in [-0.15, -0.1) is 0 Å². The van der Waals surface area contributed by atoms with Gasteiger partial charge in [-0.2, -0.15) is 0 Å². The number of likely N-dealkylation sites (N-methyl/N-ethyl adjacent to an activating group) is 1. The number of amides is 2. The molecule has 0 aromatic carbocycles. The zero-order valence-electron chi connectivity index (χ0n) is 13.3. The van der Waals surface area contributed by atoms with Gasteiger partial charge in [0, 0.05) is 32.9 Å². The fourth-order valence-electron chi connectivity index (χ4n) is 1.88. The van der Waals surface area contributed by atoms with Gasteiger partial charge in [0.2, 0.25) is 0 Å². The van der Waals surface area contributed by atoms with Crippen LogP contribution < -0.4 is 10.2 Å². The van der Waals surface area contributed by atoms with Crippen LogP contribution in [-0.4, -0.2) is 53.8 Å². The van der Waals surface area contributed by atoms with E-state index in [-0.39, 0.29) is 18.7 Å². The Morgan fingerprint density at radius 1 is 1.38 bits per heavy atom. The lowest BCUT2D eigenvalue weighted by Crippen LogP contribution is -2.43. The van der Waals surface area contributed by atoms with E-state index in [1.165, 1.54) is 4.90 Å². The van der Waals surface area contributed by atoms with Gasteiger partial charge in [0.25, 0.3) is 0 Å². The van der Waals surface area contributed by atoms with E-state index < -0.39 is 0 Å². The monoisotopic (exact) mass is 294 g/mol. The van der Waals surface area contributed by atoms with Crippen molar-refractivity contribution in [1.29, 1.82) is 0 Å². The molecule has 1 aromatic heterocycles. The number of pyridine rings is 1. The number of carbonyl (C=O) groups excluding carboxylic acids is 1. The molecule has 0 saturated heterocycles. The molecule has 0 saturated carbocycles. The zero-order valence-corrected chi connectivity index (χ0v) is 13.3. The maximum absolute atomic E-state index is 11.9. The Morgan fingerprint density at radius 3 is 2.52 bits per heavy atom. The molecule has 0 bridgehead atoms. The van der Waals surface area contributed by atoms with Gasteiger partial charge in [-0.25, -0.2) is 9.78 Å². The molecule has 21 heavy (non-hydrogen) atoms. The number of carbonyl (C=O) groups is 1. The molecule has 1 unspecified atom stereocenters. The number of rotatable bonds is 7. The van der Waals surface area contributed by atoms with Gasteiger partial charge in [0.15, 0.2) is 0 Å². The molecule has 6 nitrogen and oxygen atoms in total. The molecule has 1 atom stereocenters. The van der Waals surface area contributed by atoms with Gasteiger partial charge >= 0.3 is 6.03 Å². The Hall–Kier alpha value is -1.82. The Labute approximate surface area is 126 Å². The minimum absolute atomic E-state index is 0.0515. The molecule has 1 heterocycles. The Bertz CT molecular complexity index is 432. The van der Waals surface area contributed by atoms with E-state index in [2.05, 4.69) is 29.0 Å². The van der Waals surface area contributed by atoms with Crippen LogP contribution in [0.3, 0.4) is 0 Å². The topological polar surface area (TPSA) is 68.7 Å². The number of nitrogens with one attached hydrogen (secondary N) is 1. The van der Waals surface area contributed by atoms with Gasteiger partial charge in [0.1, 0.15) is 5.82 Å². The zero-order chi connectivity index (χ0) is 15.8. The molecule has 118 valence electrons. The quantitative estimate of drug-likeness (QED) is 0.798. The van der Waals surface area contributed by atoms with Crippen LogP contribution in [0.5, 0.6) is 0 Å². The predicted molar refractivity (Wildman–Crippen MR) is 84.3 cm³/mol. The minimum atomic E-state index is -0.204. The van der Waals surface area contributed by atoms with Crippen molar-refractivity contribution in [3.05, 3.63) is 23.9 Å². The molecule has 2 amide bonds. The summed E-state index contributed by atoms with van der Waals surface area (Å²) in [6, 6.07) is 3.53. The van der Waals surface area contributed by atoms with Crippen LogP contribution >= 0.6 is 0 Å². The van der Waals surface area contributed by atoms with Crippen LogP contribution in [0.25, 0.3) is 0 Å². The molecule has 1 aromatic rings. The van der Waals surface area contributed by atoms with Crippen LogP contribution in [0.4, 0.5) is 10.6 Å². The van der Waals surface area contributed by atoms with Gasteiger partial charge in [-0.05, 0) is 32.4 Å². The van der Waals surface area contributed by atoms with Crippen LogP contribution in [-0.2, 0) is 6.54 Å². The number of hydrogen-bond acceptors (Lipinski definition) is 4. The fourth-order valence-corrected chi connectivity index (χ4v) is 1.88. The number of hydrogen-bond donors (Lipinski definition) is 2. The number of aliphatic hydroxyl groups excluding tert-OH is 1. The second-order valence-electron chi connectivity index (χ2n) is 5.00. The second-order valence-corrected chi connectivity index (χ2v) is 5.00. The van der Waals surface area contributed by atoms with Crippen molar-refractivity contribution >= 4 is 11.8 Å². The van der Waals surface area contributed by atoms with E-state index in [0.29, 0.717) is 6.54 Å². The van der Waals surface area contributed by atoms with Gasteiger partial charge in [-0.1, -0.05) is 6.07 Å². The standard InChI is InChI=1S/C15H26N4O2/c1-5-19(6-2)14-8-7-13(9-16-14)10-17-15(21)18(4)12(3)11-20/h7-9,12,20H,5-6,10-11H2,1-4H3,(H,17,21). The van der Waals surface area contributed by atoms with Crippen molar-refractivity contribution in [3.8, 4) is 0 Å². The molecular weight excluding hydrogens is 268 g/mol. The van der Waals surface area contributed by atoms with Crippen molar-refractivity contribution in [1.82, 2.24) is 15.2 Å². The summed E-state index contributed by atoms with van der Waals surface area (Å²) in [5.41, 5.74) is 0.948. The molecule has 6 heteroatoms. The van der Waals surface area contributed by atoms with Crippen LogP contribution in [0, 0.1) is 0 Å². The summed E-state index contributed by atoms with van der Waals surface area (Å²) in [5, 5.41) is 11.8. The van der Waals surface area contributed by atoms with Crippen molar-refractivity contribution in [2.45, 2.75) is 33.4 Å². The second kappa shape index (κ2) is 8.46. The summed E-state index contributed by atoms with van der Waals surface area (Å²) in [5.74, 6) is 0.945. The Kier molecular flexibility index (Phi) is 6.94. The first-order valence-electron chi connectivity index (χ1n) is 7.34. The highest BCUT2D eigenvalue weighted by Gasteiger charge is 2.14. The van der Waals surface area contributed by atoms with E-state index in [1.54, 1.807) is 20.2 Å². The summed E-state index contributed by atoms with van der Waals surface area (Å²) in [4.78, 5) is 19.9. The molecule has 0 radical (unpaired) electrons. The Morgan fingerprint density at radius 2 is 2.05 bits per heavy atom. The molecule has 0 fully saturated rings. The van der Waals surface area contributed by atoms with E-state index in [9.17, 15) is 4.79 Å². The van der Waals surface area contributed by atoms with Gasteiger partial charge in [-0.3, -0.25) is 0 Å². The first-order chi connectivity index (χ1) is 10.0.